The number of hydrogen-bond acceptors (Lipinski definition) is 3. The van der Waals surface area contributed by atoms with E-state index < -0.39 is 0 Å². The molecule has 5 heteroatoms. The van der Waals surface area contributed by atoms with Crippen LogP contribution in [-0.4, -0.2) is 26.1 Å². The first kappa shape index (κ1) is 15.3. The van der Waals surface area contributed by atoms with Crippen molar-refractivity contribution in [3.05, 3.63) is 22.7 Å². The standard InChI is InChI=1S/C15H21BrN2O2/c1-20-14-9-12(16)8-13(10-14)18-15(19)3-2-11-4-6-17-7-5-11/h8-11,17H,2-7H2,1H3,(H,18,19). The van der Waals surface area contributed by atoms with Gasteiger partial charge in [0.1, 0.15) is 5.75 Å². The summed E-state index contributed by atoms with van der Waals surface area (Å²) in [5.41, 5.74) is 0.770. The average molecular weight is 341 g/mol. The van der Waals surface area contributed by atoms with Crippen LogP contribution >= 0.6 is 15.9 Å². The van der Waals surface area contributed by atoms with Gasteiger partial charge in [-0.15, -0.1) is 0 Å². The van der Waals surface area contributed by atoms with Crippen LogP contribution in [0.2, 0.25) is 0 Å². The van der Waals surface area contributed by atoms with Crippen molar-refractivity contribution in [1.82, 2.24) is 5.32 Å². The summed E-state index contributed by atoms with van der Waals surface area (Å²) >= 11 is 3.41. The summed E-state index contributed by atoms with van der Waals surface area (Å²) in [5, 5.41) is 6.27. The van der Waals surface area contributed by atoms with Gasteiger partial charge in [0, 0.05) is 22.6 Å². The molecule has 0 bridgehead atoms. The van der Waals surface area contributed by atoms with Crippen LogP contribution in [0.15, 0.2) is 22.7 Å². The molecule has 0 atom stereocenters. The highest BCUT2D eigenvalue weighted by molar-refractivity contribution is 9.10. The molecule has 4 nitrogen and oxygen atoms in total. The summed E-state index contributed by atoms with van der Waals surface area (Å²) in [4.78, 5) is 12.0. The summed E-state index contributed by atoms with van der Waals surface area (Å²) in [6.45, 7) is 2.16. The Hall–Kier alpha value is -1.07. The van der Waals surface area contributed by atoms with Gasteiger partial charge >= 0.3 is 0 Å². The molecule has 0 spiro atoms. The first-order valence-corrected chi connectivity index (χ1v) is 7.82. The van der Waals surface area contributed by atoms with Gasteiger partial charge in [0.25, 0.3) is 0 Å². The van der Waals surface area contributed by atoms with Crippen molar-refractivity contribution in [3.8, 4) is 5.75 Å². The largest absolute Gasteiger partial charge is 0.497 e. The lowest BCUT2D eigenvalue weighted by molar-refractivity contribution is -0.116. The van der Waals surface area contributed by atoms with Crippen LogP contribution in [0, 0.1) is 5.92 Å². The lowest BCUT2D eigenvalue weighted by atomic mass is 9.93. The zero-order valence-electron chi connectivity index (χ0n) is 11.7. The number of carbonyl (C=O) groups is 1. The van der Waals surface area contributed by atoms with E-state index >= 15 is 0 Å². The molecule has 1 saturated heterocycles. The summed E-state index contributed by atoms with van der Waals surface area (Å²) in [5.74, 6) is 1.48. The predicted octanol–water partition coefficient (Wildman–Crippen LogP) is 3.18. The smallest absolute Gasteiger partial charge is 0.224 e. The third-order valence-corrected chi connectivity index (χ3v) is 4.09. The Balaban J connectivity index is 1.83. The van der Waals surface area contributed by atoms with Crippen LogP contribution in [0.3, 0.4) is 0 Å². The molecule has 0 unspecified atom stereocenters. The lowest BCUT2D eigenvalue weighted by Gasteiger charge is -2.22. The lowest BCUT2D eigenvalue weighted by Crippen LogP contribution is -2.28. The van der Waals surface area contributed by atoms with E-state index in [2.05, 4.69) is 26.6 Å². The van der Waals surface area contributed by atoms with Crippen LogP contribution in [-0.2, 0) is 4.79 Å². The van der Waals surface area contributed by atoms with Crippen LogP contribution in [0.1, 0.15) is 25.7 Å². The Labute approximate surface area is 128 Å². The van der Waals surface area contributed by atoms with Crippen LogP contribution < -0.4 is 15.4 Å². The molecular formula is C15H21BrN2O2. The van der Waals surface area contributed by atoms with Gasteiger partial charge in [0.05, 0.1) is 7.11 Å². The number of amides is 1. The van der Waals surface area contributed by atoms with Crippen molar-refractivity contribution in [2.24, 2.45) is 5.92 Å². The van der Waals surface area contributed by atoms with Gasteiger partial charge in [-0.2, -0.15) is 0 Å². The van der Waals surface area contributed by atoms with Gasteiger partial charge < -0.3 is 15.4 Å². The number of halogens is 1. The van der Waals surface area contributed by atoms with E-state index in [1.165, 1.54) is 12.8 Å². The molecule has 2 N–H and O–H groups in total. The zero-order chi connectivity index (χ0) is 14.4. The normalized spacial score (nSPS) is 15.9. The number of benzene rings is 1. The Morgan fingerprint density at radius 1 is 1.40 bits per heavy atom. The molecule has 2 rings (SSSR count). The highest BCUT2D eigenvalue weighted by Gasteiger charge is 2.14. The number of carbonyl (C=O) groups excluding carboxylic acids is 1. The second kappa shape index (κ2) is 7.64. The van der Waals surface area contributed by atoms with E-state index in [9.17, 15) is 4.79 Å². The number of rotatable bonds is 5. The third kappa shape index (κ3) is 4.80. The minimum absolute atomic E-state index is 0.0729. The maximum absolute atomic E-state index is 12.0. The van der Waals surface area contributed by atoms with E-state index in [1.54, 1.807) is 7.11 Å². The number of methoxy groups -OCH3 is 1. The fourth-order valence-corrected chi connectivity index (χ4v) is 2.95. The average Bonchev–Trinajstić information content (AvgIpc) is 2.45. The second-order valence-electron chi connectivity index (χ2n) is 5.16. The number of hydrogen-bond donors (Lipinski definition) is 2. The van der Waals surface area contributed by atoms with Crippen molar-refractivity contribution in [3.63, 3.8) is 0 Å². The predicted molar refractivity (Wildman–Crippen MR) is 84.2 cm³/mol. The highest BCUT2D eigenvalue weighted by Crippen LogP contribution is 2.25. The van der Waals surface area contributed by atoms with Crippen LogP contribution in [0.5, 0.6) is 5.75 Å². The molecule has 1 fully saturated rings. The molecule has 0 radical (unpaired) electrons. The Kier molecular flexibility index (Phi) is 5.86. The van der Waals surface area contributed by atoms with Gasteiger partial charge in [0.15, 0.2) is 0 Å². The van der Waals surface area contributed by atoms with Crippen molar-refractivity contribution in [1.29, 1.82) is 0 Å². The summed E-state index contributed by atoms with van der Waals surface area (Å²) in [6.07, 6.45) is 3.91. The first-order chi connectivity index (χ1) is 9.67. The van der Waals surface area contributed by atoms with E-state index in [-0.39, 0.29) is 5.91 Å². The molecule has 1 aromatic carbocycles. The minimum atomic E-state index is 0.0729. The molecule has 0 aromatic heterocycles. The first-order valence-electron chi connectivity index (χ1n) is 7.02. The molecule has 1 aliphatic rings. The highest BCUT2D eigenvalue weighted by atomic mass is 79.9. The minimum Gasteiger partial charge on any atom is -0.497 e. The number of nitrogens with one attached hydrogen (secondary N) is 2. The number of piperidine rings is 1. The summed E-state index contributed by atoms with van der Waals surface area (Å²) in [7, 11) is 1.62. The zero-order valence-corrected chi connectivity index (χ0v) is 13.3. The van der Waals surface area contributed by atoms with Crippen molar-refractivity contribution in [2.75, 3.05) is 25.5 Å². The quantitative estimate of drug-likeness (QED) is 0.865. The number of anilines is 1. The van der Waals surface area contributed by atoms with E-state index in [0.717, 1.165) is 35.4 Å². The SMILES string of the molecule is COc1cc(Br)cc(NC(=O)CCC2CCNCC2)c1. The Bertz CT molecular complexity index is 459. The third-order valence-electron chi connectivity index (χ3n) is 3.63. The number of ether oxygens (including phenoxy) is 1. The van der Waals surface area contributed by atoms with E-state index in [4.69, 9.17) is 4.74 Å². The molecule has 0 saturated carbocycles. The summed E-state index contributed by atoms with van der Waals surface area (Å²) < 4.78 is 6.08. The molecular weight excluding hydrogens is 320 g/mol. The van der Waals surface area contributed by atoms with Gasteiger partial charge in [-0.25, -0.2) is 0 Å². The fourth-order valence-electron chi connectivity index (χ4n) is 2.48. The van der Waals surface area contributed by atoms with E-state index in [1.807, 2.05) is 18.2 Å². The molecule has 110 valence electrons. The molecule has 1 amide bonds. The fraction of sp³-hybridized carbons (Fsp3) is 0.533. The molecule has 20 heavy (non-hydrogen) atoms. The topological polar surface area (TPSA) is 50.4 Å². The Morgan fingerprint density at radius 3 is 2.85 bits per heavy atom. The molecule has 1 heterocycles. The monoisotopic (exact) mass is 340 g/mol. The van der Waals surface area contributed by atoms with Gasteiger partial charge in [-0.3, -0.25) is 4.79 Å². The van der Waals surface area contributed by atoms with Crippen LogP contribution in [0.4, 0.5) is 5.69 Å². The molecule has 1 aliphatic heterocycles. The maximum atomic E-state index is 12.0. The van der Waals surface area contributed by atoms with Gasteiger partial charge in [-0.1, -0.05) is 15.9 Å². The van der Waals surface area contributed by atoms with Crippen molar-refractivity contribution < 1.29 is 9.53 Å². The van der Waals surface area contributed by atoms with Gasteiger partial charge in [0.2, 0.25) is 5.91 Å². The maximum Gasteiger partial charge on any atom is 0.224 e. The van der Waals surface area contributed by atoms with Crippen molar-refractivity contribution in [2.45, 2.75) is 25.7 Å². The molecule has 1 aromatic rings. The Morgan fingerprint density at radius 2 is 2.15 bits per heavy atom. The van der Waals surface area contributed by atoms with Gasteiger partial charge in [-0.05, 0) is 50.4 Å². The van der Waals surface area contributed by atoms with E-state index in [0.29, 0.717) is 12.3 Å². The molecule has 0 aliphatic carbocycles. The second-order valence-corrected chi connectivity index (χ2v) is 6.08. The van der Waals surface area contributed by atoms with Crippen molar-refractivity contribution >= 4 is 27.5 Å². The van der Waals surface area contributed by atoms with Crippen LogP contribution in [0.25, 0.3) is 0 Å². The summed E-state index contributed by atoms with van der Waals surface area (Å²) in [6, 6.07) is 5.57.